The van der Waals surface area contributed by atoms with Gasteiger partial charge in [0.15, 0.2) is 6.61 Å². The third-order valence-corrected chi connectivity index (χ3v) is 3.49. The molecule has 0 aromatic heterocycles. The number of esters is 2. The van der Waals surface area contributed by atoms with Gasteiger partial charge in [-0.25, -0.2) is 14.4 Å². The Kier molecular flexibility index (Phi) is 4.98. The molecule has 0 amide bonds. The van der Waals surface area contributed by atoms with Crippen LogP contribution in [0.3, 0.4) is 0 Å². The topological polar surface area (TPSA) is 99.1 Å². The average Bonchev–Trinajstić information content (AvgIpc) is 2.64. The zero-order chi connectivity index (χ0) is 18.5. The normalized spacial score (nSPS) is 16.5. The van der Waals surface area contributed by atoms with Gasteiger partial charge in [-0.05, 0) is 23.8 Å². The standard InChI is InChI=1S/C19H14O7/c20-16(21)11-24-14-8-6-12(7-9-14)10-15-17(22)25-19(26-18(15)23)13-4-2-1-3-5-13/h1-10,19H,11H2,(H,20,21). The van der Waals surface area contributed by atoms with Crippen LogP contribution in [0.25, 0.3) is 6.08 Å². The fraction of sp³-hybridized carbons (Fsp3) is 0.105. The number of carboxylic acid groups (broad SMARTS) is 1. The quantitative estimate of drug-likeness (QED) is 0.500. The molecule has 7 nitrogen and oxygen atoms in total. The molecule has 0 aliphatic carbocycles. The largest absolute Gasteiger partial charge is 0.482 e. The molecule has 26 heavy (non-hydrogen) atoms. The summed E-state index contributed by atoms with van der Waals surface area (Å²) < 4.78 is 15.4. The SMILES string of the molecule is O=C(O)COc1ccc(C=C2C(=O)OC(c3ccccc3)OC2=O)cc1. The Morgan fingerprint density at radius 1 is 1.00 bits per heavy atom. The molecule has 0 spiro atoms. The maximum absolute atomic E-state index is 12.2. The molecule has 0 bridgehead atoms. The summed E-state index contributed by atoms with van der Waals surface area (Å²) in [5, 5.41) is 8.57. The molecule has 1 heterocycles. The molecule has 0 saturated carbocycles. The minimum atomic E-state index is -1.09. The molecule has 2 aromatic carbocycles. The van der Waals surface area contributed by atoms with Crippen LogP contribution < -0.4 is 4.74 Å². The highest BCUT2D eigenvalue weighted by Gasteiger charge is 2.34. The van der Waals surface area contributed by atoms with Crippen molar-refractivity contribution in [1.29, 1.82) is 0 Å². The van der Waals surface area contributed by atoms with Crippen LogP contribution in [-0.2, 0) is 23.9 Å². The molecule has 1 aliphatic heterocycles. The van der Waals surface area contributed by atoms with Crippen LogP contribution in [0, 0.1) is 0 Å². The Morgan fingerprint density at radius 3 is 2.19 bits per heavy atom. The second-order valence-corrected chi connectivity index (χ2v) is 5.36. The summed E-state index contributed by atoms with van der Waals surface area (Å²) in [4.78, 5) is 34.8. The van der Waals surface area contributed by atoms with E-state index in [1.807, 2.05) is 0 Å². The van der Waals surface area contributed by atoms with Gasteiger partial charge >= 0.3 is 17.9 Å². The lowest BCUT2D eigenvalue weighted by atomic mass is 10.1. The predicted molar refractivity (Wildman–Crippen MR) is 88.9 cm³/mol. The summed E-state index contributed by atoms with van der Waals surface area (Å²) in [5.41, 5.74) is 0.874. The number of ether oxygens (including phenoxy) is 3. The predicted octanol–water partition coefficient (Wildman–Crippen LogP) is 2.33. The number of benzene rings is 2. The second kappa shape index (κ2) is 7.52. The monoisotopic (exact) mass is 354 g/mol. The Hall–Kier alpha value is -3.61. The second-order valence-electron chi connectivity index (χ2n) is 5.36. The number of hydrogen-bond donors (Lipinski definition) is 1. The number of carboxylic acids is 1. The third-order valence-electron chi connectivity index (χ3n) is 3.49. The van der Waals surface area contributed by atoms with Crippen LogP contribution in [0.2, 0.25) is 0 Å². The molecule has 1 saturated heterocycles. The lowest BCUT2D eigenvalue weighted by Gasteiger charge is -2.23. The van der Waals surface area contributed by atoms with Gasteiger partial charge in [-0.3, -0.25) is 0 Å². The minimum Gasteiger partial charge on any atom is -0.482 e. The van der Waals surface area contributed by atoms with Gasteiger partial charge in [0.25, 0.3) is 6.29 Å². The molecule has 1 aliphatic rings. The van der Waals surface area contributed by atoms with Crippen LogP contribution in [0.15, 0.2) is 60.2 Å². The van der Waals surface area contributed by atoms with Crippen molar-refractivity contribution in [3.63, 3.8) is 0 Å². The highest BCUT2D eigenvalue weighted by atomic mass is 16.7. The molecule has 132 valence electrons. The molecular weight excluding hydrogens is 340 g/mol. The molecule has 0 atom stereocenters. The van der Waals surface area contributed by atoms with Gasteiger partial charge in [0.05, 0.1) is 0 Å². The van der Waals surface area contributed by atoms with Crippen LogP contribution in [-0.4, -0.2) is 29.6 Å². The van der Waals surface area contributed by atoms with E-state index < -0.39 is 30.8 Å². The lowest BCUT2D eigenvalue weighted by molar-refractivity contribution is -0.195. The van der Waals surface area contributed by atoms with Crippen molar-refractivity contribution in [2.75, 3.05) is 6.61 Å². The van der Waals surface area contributed by atoms with E-state index in [1.165, 1.54) is 18.2 Å². The van der Waals surface area contributed by atoms with E-state index in [0.29, 0.717) is 16.9 Å². The van der Waals surface area contributed by atoms with Crippen LogP contribution in [0.5, 0.6) is 5.75 Å². The first kappa shape index (κ1) is 17.2. The van der Waals surface area contributed by atoms with E-state index in [2.05, 4.69) is 0 Å². The van der Waals surface area contributed by atoms with Crippen molar-refractivity contribution in [3.05, 3.63) is 71.3 Å². The molecule has 2 aromatic rings. The van der Waals surface area contributed by atoms with Gasteiger partial charge in [0.1, 0.15) is 11.3 Å². The van der Waals surface area contributed by atoms with Gasteiger partial charge in [-0.1, -0.05) is 42.5 Å². The van der Waals surface area contributed by atoms with Crippen molar-refractivity contribution in [2.45, 2.75) is 6.29 Å². The maximum Gasteiger partial charge on any atom is 0.348 e. The van der Waals surface area contributed by atoms with Gasteiger partial charge in [0, 0.05) is 5.56 Å². The molecule has 1 fully saturated rings. The van der Waals surface area contributed by atoms with E-state index in [-0.39, 0.29) is 5.57 Å². The van der Waals surface area contributed by atoms with E-state index in [0.717, 1.165) is 0 Å². The van der Waals surface area contributed by atoms with Crippen molar-refractivity contribution < 1.29 is 33.7 Å². The van der Waals surface area contributed by atoms with E-state index in [9.17, 15) is 14.4 Å². The van der Waals surface area contributed by atoms with Crippen LogP contribution in [0.4, 0.5) is 0 Å². The smallest absolute Gasteiger partial charge is 0.348 e. The molecule has 0 radical (unpaired) electrons. The highest BCUT2D eigenvalue weighted by molar-refractivity contribution is 6.18. The van der Waals surface area contributed by atoms with Gasteiger partial charge in [-0.15, -0.1) is 0 Å². The Balaban J connectivity index is 1.72. The van der Waals surface area contributed by atoms with Crippen molar-refractivity contribution in [1.82, 2.24) is 0 Å². The van der Waals surface area contributed by atoms with E-state index >= 15 is 0 Å². The van der Waals surface area contributed by atoms with Crippen molar-refractivity contribution in [2.24, 2.45) is 0 Å². The van der Waals surface area contributed by atoms with Crippen molar-refractivity contribution in [3.8, 4) is 5.75 Å². The highest BCUT2D eigenvalue weighted by Crippen LogP contribution is 2.27. The number of rotatable bonds is 5. The van der Waals surface area contributed by atoms with Crippen LogP contribution >= 0.6 is 0 Å². The molecule has 7 heteroatoms. The number of carbonyl (C=O) groups excluding carboxylic acids is 2. The summed E-state index contributed by atoms with van der Waals surface area (Å²) >= 11 is 0. The summed E-state index contributed by atoms with van der Waals surface area (Å²) in [6.45, 7) is -0.458. The molecule has 3 rings (SSSR count). The van der Waals surface area contributed by atoms with E-state index in [1.54, 1.807) is 42.5 Å². The fourth-order valence-electron chi connectivity index (χ4n) is 2.26. The first-order valence-corrected chi connectivity index (χ1v) is 7.66. The maximum atomic E-state index is 12.2. The summed E-state index contributed by atoms with van der Waals surface area (Å²) in [5.74, 6) is -2.29. The van der Waals surface area contributed by atoms with Gasteiger partial charge in [0.2, 0.25) is 0 Å². The molecular formula is C19H14O7. The molecule has 1 N–H and O–H groups in total. The lowest BCUT2D eigenvalue weighted by Crippen LogP contribution is -2.29. The van der Waals surface area contributed by atoms with Gasteiger partial charge < -0.3 is 19.3 Å². The first-order chi connectivity index (χ1) is 12.5. The Bertz CT molecular complexity index is 833. The Labute approximate surface area is 148 Å². The number of cyclic esters (lactones) is 2. The number of hydrogen-bond acceptors (Lipinski definition) is 6. The van der Waals surface area contributed by atoms with E-state index in [4.69, 9.17) is 19.3 Å². The van der Waals surface area contributed by atoms with Gasteiger partial charge in [-0.2, -0.15) is 0 Å². The average molecular weight is 354 g/mol. The zero-order valence-electron chi connectivity index (χ0n) is 13.5. The van der Waals surface area contributed by atoms with Crippen molar-refractivity contribution >= 4 is 24.0 Å². The number of carbonyl (C=O) groups is 3. The number of aliphatic carboxylic acids is 1. The summed E-state index contributed by atoms with van der Waals surface area (Å²) in [6.07, 6.45) is 0.271. The fourth-order valence-corrected chi connectivity index (χ4v) is 2.26. The summed E-state index contributed by atoms with van der Waals surface area (Å²) in [7, 11) is 0. The minimum absolute atomic E-state index is 0.226. The first-order valence-electron chi connectivity index (χ1n) is 7.66. The third kappa shape index (κ3) is 4.07. The summed E-state index contributed by atoms with van der Waals surface area (Å²) in [6, 6.07) is 14.9. The zero-order valence-corrected chi connectivity index (χ0v) is 13.5. The Morgan fingerprint density at radius 2 is 1.62 bits per heavy atom. The van der Waals surface area contributed by atoms with Crippen LogP contribution in [0.1, 0.15) is 17.4 Å². The molecule has 0 unspecified atom stereocenters.